The van der Waals surface area contributed by atoms with E-state index in [0.717, 1.165) is 18.9 Å². The van der Waals surface area contributed by atoms with E-state index < -0.39 is 11.7 Å². The van der Waals surface area contributed by atoms with Gasteiger partial charge in [0.25, 0.3) is 5.91 Å². The van der Waals surface area contributed by atoms with Crippen LogP contribution in [0.5, 0.6) is 0 Å². The molecule has 1 amide bonds. The lowest BCUT2D eigenvalue weighted by Crippen LogP contribution is -2.43. The highest BCUT2D eigenvalue weighted by Gasteiger charge is 2.45. The smallest absolute Gasteiger partial charge is 0.252 e. The van der Waals surface area contributed by atoms with Crippen molar-refractivity contribution in [3.05, 3.63) is 54.4 Å². The standard InChI is InChI=1S/C21H23FN8O/c22-16-8-15(19(24)31)20(27-13-7-14(10-25-9-13)30-3-1-2-26-30)29-21(16)28-18-6-12-4-11(12)5-17(18)23/h1-3,7-12,17-18H,4-6,23H2,(H2,24,31)(H2,27,28,29)/t11?,12?,17-,18+/m1/s1. The Morgan fingerprint density at radius 3 is 2.77 bits per heavy atom. The number of aromatic nitrogens is 4. The number of rotatable bonds is 6. The van der Waals surface area contributed by atoms with Gasteiger partial charge in [0.05, 0.1) is 29.3 Å². The summed E-state index contributed by atoms with van der Waals surface area (Å²) in [5, 5.41) is 10.4. The van der Waals surface area contributed by atoms with E-state index in [9.17, 15) is 9.18 Å². The summed E-state index contributed by atoms with van der Waals surface area (Å²) in [5.41, 5.74) is 13.0. The zero-order valence-corrected chi connectivity index (χ0v) is 16.7. The first kappa shape index (κ1) is 19.4. The molecule has 2 aliphatic rings. The summed E-state index contributed by atoms with van der Waals surface area (Å²) in [6, 6.07) is 4.55. The summed E-state index contributed by atoms with van der Waals surface area (Å²) in [6.07, 6.45) is 9.67. The number of hydrogen-bond acceptors (Lipinski definition) is 7. The number of amides is 1. The SMILES string of the molecule is NC(=O)c1cc(F)c(N[C@H]2CC3CC3C[C@H]2N)nc1Nc1cncc(-n2cccn2)c1. The van der Waals surface area contributed by atoms with Crippen LogP contribution >= 0.6 is 0 Å². The van der Waals surface area contributed by atoms with E-state index in [1.165, 1.54) is 6.42 Å². The molecule has 0 aliphatic heterocycles. The molecular formula is C21H23FN8O. The molecule has 3 heterocycles. The lowest BCUT2D eigenvalue weighted by atomic mass is 9.91. The van der Waals surface area contributed by atoms with Crippen molar-refractivity contribution in [3.63, 3.8) is 0 Å². The summed E-state index contributed by atoms with van der Waals surface area (Å²) in [5.74, 6) is 0.112. The van der Waals surface area contributed by atoms with Crippen molar-refractivity contribution in [2.45, 2.75) is 31.3 Å². The number of anilines is 3. The van der Waals surface area contributed by atoms with E-state index >= 15 is 0 Å². The lowest BCUT2D eigenvalue weighted by molar-refractivity contribution is 0.100. The van der Waals surface area contributed by atoms with Gasteiger partial charge in [-0.15, -0.1) is 0 Å². The average molecular weight is 422 g/mol. The number of halogens is 1. The van der Waals surface area contributed by atoms with Gasteiger partial charge in [-0.25, -0.2) is 14.1 Å². The van der Waals surface area contributed by atoms with Crippen molar-refractivity contribution < 1.29 is 9.18 Å². The third kappa shape index (κ3) is 3.93. The molecule has 6 N–H and O–H groups in total. The van der Waals surface area contributed by atoms with E-state index in [1.54, 1.807) is 41.6 Å². The molecule has 160 valence electrons. The van der Waals surface area contributed by atoms with Gasteiger partial charge in [0.15, 0.2) is 11.6 Å². The first-order valence-electron chi connectivity index (χ1n) is 10.2. The molecule has 9 nitrogen and oxygen atoms in total. The first-order chi connectivity index (χ1) is 15.0. The summed E-state index contributed by atoms with van der Waals surface area (Å²) < 4.78 is 16.4. The van der Waals surface area contributed by atoms with E-state index in [-0.39, 0.29) is 29.3 Å². The predicted octanol–water partition coefficient (Wildman–Crippen LogP) is 2.18. The monoisotopic (exact) mass is 422 g/mol. The Labute approximate surface area is 178 Å². The molecule has 4 atom stereocenters. The van der Waals surface area contributed by atoms with Gasteiger partial charge in [-0.05, 0) is 49.3 Å². The summed E-state index contributed by atoms with van der Waals surface area (Å²) in [6.45, 7) is 0. The number of pyridine rings is 2. The Hall–Kier alpha value is -3.53. The fraction of sp³-hybridized carbons (Fsp3) is 0.333. The van der Waals surface area contributed by atoms with Gasteiger partial charge < -0.3 is 22.1 Å². The number of hydrogen-bond donors (Lipinski definition) is 4. The number of nitrogens with one attached hydrogen (secondary N) is 2. The molecule has 31 heavy (non-hydrogen) atoms. The molecule has 3 aromatic rings. The van der Waals surface area contributed by atoms with E-state index in [1.807, 2.05) is 0 Å². The lowest BCUT2D eigenvalue weighted by Gasteiger charge is -2.29. The van der Waals surface area contributed by atoms with Crippen LogP contribution in [0.15, 0.2) is 43.0 Å². The highest BCUT2D eigenvalue weighted by Crippen LogP contribution is 2.49. The average Bonchev–Trinajstić information content (AvgIpc) is 3.26. The number of carbonyl (C=O) groups is 1. The topological polar surface area (TPSA) is 137 Å². The predicted molar refractivity (Wildman–Crippen MR) is 114 cm³/mol. The molecular weight excluding hydrogens is 399 g/mol. The van der Waals surface area contributed by atoms with Crippen molar-refractivity contribution in [3.8, 4) is 5.69 Å². The maximum absolute atomic E-state index is 14.7. The van der Waals surface area contributed by atoms with Crippen LogP contribution in [0.2, 0.25) is 0 Å². The summed E-state index contributed by atoms with van der Waals surface area (Å²) in [4.78, 5) is 20.5. The van der Waals surface area contributed by atoms with E-state index in [2.05, 4.69) is 25.7 Å². The second kappa shape index (κ2) is 7.62. The number of primary amides is 1. The minimum atomic E-state index is -0.785. The number of nitrogens with two attached hydrogens (primary N) is 2. The quantitative estimate of drug-likeness (QED) is 0.478. The van der Waals surface area contributed by atoms with Crippen molar-refractivity contribution >= 4 is 23.2 Å². The zero-order chi connectivity index (χ0) is 21.5. The molecule has 2 saturated carbocycles. The van der Waals surface area contributed by atoms with Crippen molar-refractivity contribution in [1.82, 2.24) is 19.7 Å². The summed E-state index contributed by atoms with van der Waals surface area (Å²) >= 11 is 0. The third-order valence-electron chi connectivity index (χ3n) is 6.04. The van der Waals surface area contributed by atoms with Gasteiger partial charge in [-0.3, -0.25) is 9.78 Å². The third-order valence-corrected chi connectivity index (χ3v) is 6.04. The van der Waals surface area contributed by atoms with Crippen LogP contribution in [0, 0.1) is 17.7 Å². The van der Waals surface area contributed by atoms with Gasteiger partial charge in [0.1, 0.15) is 5.82 Å². The van der Waals surface area contributed by atoms with Crippen LogP contribution in [0.3, 0.4) is 0 Å². The zero-order valence-electron chi connectivity index (χ0n) is 16.7. The number of fused-ring (bicyclic) bond motifs is 1. The molecule has 3 aromatic heterocycles. The van der Waals surface area contributed by atoms with Gasteiger partial charge in [0, 0.05) is 24.5 Å². The minimum Gasteiger partial charge on any atom is -0.365 e. The molecule has 10 heteroatoms. The van der Waals surface area contributed by atoms with Gasteiger partial charge in [-0.1, -0.05) is 0 Å². The first-order valence-corrected chi connectivity index (χ1v) is 10.2. The van der Waals surface area contributed by atoms with Crippen LogP contribution < -0.4 is 22.1 Å². The fourth-order valence-electron chi connectivity index (χ4n) is 4.30. The maximum Gasteiger partial charge on any atom is 0.252 e. The molecule has 0 aromatic carbocycles. The fourth-order valence-corrected chi connectivity index (χ4v) is 4.30. The second-order valence-corrected chi connectivity index (χ2v) is 8.23. The maximum atomic E-state index is 14.7. The van der Waals surface area contributed by atoms with Crippen LogP contribution in [0.1, 0.15) is 29.6 Å². The molecule has 2 aliphatic carbocycles. The molecule has 0 radical (unpaired) electrons. The van der Waals surface area contributed by atoms with E-state index in [0.29, 0.717) is 23.2 Å². The van der Waals surface area contributed by atoms with Crippen LogP contribution in [-0.4, -0.2) is 37.7 Å². The molecule has 0 bridgehead atoms. The normalized spacial score (nSPS) is 24.3. The second-order valence-electron chi connectivity index (χ2n) is 8.23. The Kier molecular flexibility index (Phi) is 4.78. The molecule has 0 spiro atoms. The van der Waals surface area contributed by atoms with Crippen molar-refractivity contribution in [2.24, 2.45) is 23.3 Å². The molecule has 5 rings (SSSR count). The van der Waals surface area contributed by atoms with Gasteiger partial charge in [0.2, 0.25) is 0 Å². The Bertz CT molecular complexity index is 1120. The van der Waals surface area contributed by atoms with Crippen LogP contribution in [0.25, 0.3) is 5.69 Å². The minimum absolute atomic E-state index is 0.0447. The van der Waals surface area contributed by atoms with Gasteiger partial charge >= 0.3 is 0 Å². The highest BCUT2D eigenvalue weighted by molar-refractivity contribution is 5.98. The molecule has 2 fully saturated rings. The Morgan fingerprint density at radius 1 is 1.16 bits per heavy atom. The Balaban J connectivity index is 1.44. The molecule has 0 saturated heterocycles. The summed E-state index contributed by atoms with van der Waals surface area (Å²) in [7, 11) is 0. The number of nitrogens with zero attached hydrogens (tertiary/aromatic N) is 4. The van der Waals surface area contributed by atoms with Crippen LogP contribution in [0.4, 0.5) is 21.7 Å². The van der Waals surface area contributed by atoms with Gasteiger partial charge in [-0.2, -0.15) is 5.10 Å². The Morgan fingerprint density at radius 2 is 2.00 bits per heavy atom. The number of carbonyl (C=O) groups excluding carboxylic acids is 1. The van der Waals surface area contributed by atoms with Crippen molar-refractivity contribution in [2.75, 3.05) is 10.6 Å². The van der Waals surface area contributed by atoms with Crippen LogP contribution in [-0.2, 0) is 0 Å². The molecule has 2 unspecified atom stereocenters. The largest absolute Gasteiger partial charge is 0.365 e. The van der Waals surface area contributed by atoms with Crippen molar-refractivity contribution in [1.29, 1.82) is 0 Å². The highest BCUT2D eigenvalue weighted by atomic mass is 19.1. The van der Waals surface area contributed by atoms with E-state index in [4.69, 9.17) is 11.5 Å².